The maximum Gasteiger partial charge on any atom is 0.419 e. The van der Waals surface area contributed by atoms with E-state index in [9.17, 15) is 27.1 Å². The SMILES string of the molecule is CN(c1ncc2c(-c3cc(C(F)(F)F)c(F)c(O)c3F)nn(C)c2n1)[C@@H]1CCc2ccccc2C1. The third kappa shape index (κ3) is 3.84. The third-order valence-corrected chi connectivity index (χ3v) is 6.49. The Hall–Kier alpha value is -3.76. The number of hydrogen-bond donors (Lipinski definition) is 1. The van der Waals surface area contributed by atoms with Crippen molar-refractivity contribution in [3.63, 3.8) is 0 Å². The summed E-state index contributed by atoms with van der Waals surface area (Å²) in [6, 6.07) is 8.65. The van der Waals surface area contributed by atoms with Crippen molar-refractivity contribution in [2.75, 3.05) is 11.9 Å². The van der Waals surface area contributed by atoms with E-state index in [-0.39, 0.29) is 22.8 Å². The quantitative estimate of drug-likeness (QED) is 0.409. The van der Waals surface area contributed by atoms with Crippen LogP contribution in [-0.2, 0) is 26.1 Å². The molecule has 2 aromatic heterocycles. The van der Waals surface area contributed by atoms with Gasteiger partial charge in [0.25, 0.3) is 0 Å². The molecule has 0 radical (unpaired) electrons. The summed E-state index contributed by atoms with van der Waals surface area (Å²) in [6.07, 6.45) is -1.17. The molecule has 4 aromatic rings. The van der Waals surface area contributed by atoms with E-state index in [0.717, 1.165) is 19.3 Å². The van der Waals surface area contributed by atoms with Crippen molar-refractivity contribution in [1.82, 2.24) is 19.7 Å². The molecule has 0 saturated carbocycles. The van der Waals surface area contributed by atoms with E-state index < -0.39 is 34.7 Å². The number of halogens is 5. The summed E-state index contributed by atoms with van der Waals surface area (Å²) in [6.45, 7) is 0. The topological polar surface area (TPSA) is 67.1 Å². The monoisotopic (exact) mass is 489 g/mol. The minimum atomic E-state index is -5.14. The van der Waals surface area contributed by atoms with Gasteiger partial charge < -0.3 is 10.0 Å². The predicted molar refractivity (Wildman–Crippen MR) is 119 cm³/mol. The molecular formula is C24H20F5N5O. The molecule has 0 unspecified atom stereocenters. The number of phenolic OH excluding ortho intramolecular Hbond substituents is 1. The van der Waals surface area contributed by atoms with Gasteiger partial charge in [0, 0.05) is 31.9 Å². The number of likely N-dealkylation sites (N-methyl/N-ethyl adjacent to an activating group) is 1. The van der Waals surface area contributed by atoms with Crippen molar-refractivity contribution in [2.24, 2.45) is 7.05 Å². The number of benzene rings is 2. The first-order valence-corrected chi connectivity index (χ1v) is 10.8. The molecule has 6 nitrogen and oxygen atoms in total. The van der Waals surface area contributed by atoms with Crippen LogP contribution < -0.4 is 4.90 Å². The van der Waals surface area contributed by atoms with E-state index in [1.54, 1.807) is 0 Å². The molecule has 0 spiro atoms. The lowest BCUT2D eigenvalue weighted by Crippen LogP contribution is -2.37. The Morgan fingerprint density at radius 2 is 1.83 bits per heavy atom. The zero-order chi connectivity index (χ0) is 25.1. The van der Waals surface area contributed by atoms with Crippen LogP contribution in [-0.4, -0.2) is 37.9 Å². The van der Waals surface area contributed by atoms with Gasteiger partial charge in [-0.25, -0.2) is 18.4 Å². The van der Waals surface area contributed by atoms with Crippen LogP contribution in [0, 0.1) is 11.6 Å². The second kappa shape index (κ2) is 8.17. The van der Waals surface area contributed by atoms with Gasteiger partial charge >= 0.3 is 6.18 Å². The lowest BCUT2D eigenvalue weighted by molar-refractivity contribution is -0.140. The molecule has 0 aliphatic heterocycles. The molecule has 182 valence electrons. The summed E-state index contributed by atoms with van der Waals surface area (Å²) in [4.78, 5) is 10.8. The number of anilines is 1. The zero-order valence-electron chi connectivity index (χ0n) is 18.7. The van der Waals surface area contributed by atoms with Gasteiger partial charge in [0.15, 0.2) is 23.0 Å². The van der Waals surface area contributed by atoms with Gasteiger partial charge in [-0.05, 0) is 36.5 Å². The van der Waals surface area contributed by atoms with Crippen LogP contribution in [0.5, 0.6) is 5.75 Å². The first kappa shape index (κ1) is 23.0. The summed E-state index contributed by atoms with van der Waals surface area (Å²) in [5.41, 5.74) is 0.0982. The molecule has 1 atom stereocenters. The molecule has 0 amide bonds. The summed E-state index contributed by atoms with van der Waals surface area (Å²) >= 11 is 0. The van der Waals surface area contributed by atoms with E-state index in [1.165, 1.54) is 29.1 Å². The number of aromatic nitrogens is 4. The van der Waals surface area contributed by atoms with Crippen LogP contribution >= 0.6 is 0 Å². The van der Waals surface area contributed by atoms with Crippen molar-refractivity contribution < 1.29 is 27.1 Å². The number of hydrogen-bond acceptors (Lipinski definition) is 5. The highest BCUT2D eigenvalue weighted by atomic mass is 19.4. The molecule has 0 bridgehead atoms. The highest BCUT2D eigenvalue weighted by Crippen LogP contribution is 2.41. The Kier molecular flexibility index (Phi) is 5.37. The predicted octanol–water partition coefficient (Wildman–Crippen LogP) is 5.03. The summed E-state index contributed by atoms with van der Waals surface area (Å²) in [7, 11) is 3.37. The van der Waals surface area contributed by atoms with Crippen molar-refractivity contribution in [2.45, 2.75) is 31.5 Å². The standard InChI is InChI=1S/C24H20F5N5O/c1-33(14-8-7-12-5-3-4-6-13(12)9-14)23-30-11-16-20(32-34(2)22(16)31-23)15-10-17(24(27,28)29)19(26)21(35)18(15)25/h3-6,10-11,14,35H,7-9H2,1-2H3/t14-/m1/s1. The first-order valence-electron chi connectivity index (χ1n) is 10.8. The van der Waals surface area contributed by atoms with E-state index >= 15 is 0 Å². The minimum absolute atomic E-state index is 0.135. The molecule has 2 aromatic carbocycles. The van der Waals surface area contributed by atoms with E-state index in [0.29, 0.717) is 12.0 Å². The number of alkyl halides is 3. The lowest BCUT2D eigenvalue weighted by atomic mass is 9.88. The minimum Gasteiger partial charge on any atom is -0.503 e. The number of nitrogens with zero attached hydrogens (tertiary/aromatic N) is 5. The van der Waals surface area contributed by atoms with Crippen LogP contribution in [0.2, 0.25) is 0 Å². The Morgan fingerprint density at radius 1 is 1.11 bits per heavy atom. The summed E-state index contributed by atoms with van der Waals surface area (Å²) in [5.74, 6) is -4.95. The van der Waals surface area contributed by atoms with Crippen LogP contribution in [0.25, 0.3) is 22.3 Å². The Labute approximate surface area is 196 Å². The number of fused-ring (bicyclic) bond motifs is 2. The van der Waals surface area contributed by atoms with Crippen molar-refractivity contribution in [1.29, 1.82) is 0 Å². The number of aromatic hydroxyl groups is 1. The second-order valence-electron chi connectivity index (χ2n) is 8.60. The van der Waals surface area contributed by atoms with E-state index in [1.807, 2.05) is 24.1 Å². The number of rotatable bonds is 3. The second-order valence-corrected chi connectivity index (χ2v) is 8.60. The highest BCUT2D eigenvalue weighted by Gasteiger charge is 2.38. The Balaban J connectivity index is 1.55. The molecule has 11 heteroatoms. The van der Waals surface area contributed by atoms with Crippen molar-refractivity contribution in [3.8, 4) is 17.0 Å². The smallest absolute Gasteiger partial charge is 0.419 e. The summed E-state index contributed by atoms with van der Waals surface area (Å²) < 4.78 is 69.6. The molecule has 1 aliphatic rings. The maximum absolute atomic E-state index is 14.7. The van der Waals surface area contributed by atoms with Gasteiger partial charge in [-0.2, -0.15) is 23.3 Å². The molecule has 0 saturated heterocycles. The fraction of sp³-hybridized carbons (Fsp3) is 0.292. The van der Waals surface area contributed by atoms with Crippen molar-refractivity contribution in [3.05, 3.63) is 64.9 Å². The van der Waals surface area contributed by atoms with Crippen LogP contribution in [0.4, 0.5) is 27.9 Å². The van der Waals surface area contributed by atoms with Crippen LogP contribution in [0.15, 0.2) is 36.5 Å². The molecule has 0 fully saturated rings. The lowest BCUT2D eigenvalue weighted by Gasteiger charge is -2.32. The molecular weight excluding hydrogens is 469 g/mol. The average Bonchev–Trinajstić information content (AvgIpc) is 3.16. The number of aryl methyl sites for hydroxylation is 2. The van der Waals surface area contributed by atoms with Crippen LogP contribution in [0.1, 0.15) is 23.1 Å². The van der Waals surface area contributed by atoms with E-state index in [2.05, 4.69) is 27.2 Å². The summed E-state index contributed by atoms with van der Waals surface area (Å²) in [5, 5.41) is 14.0. The van der Waals surface area contributed by atoms with Gasteiger partial charge in [-0.1, -0.05) is 24.3 Å². The number of phenols is 1. The van der Waals surface area contributed by atoms with Gasteiger partial charge in [0.1, 0.15) is 5.69 Å². The fourth-order valence-electron chi connectivity index (χ4n) is 4.57. The Morgan fingerprint density at radius 3 is 2.54 bits per heavy atom. The van der Waals surface area contributed by atoms with Gasteiger partial charge in [-0.15, -0.1) is 0 Å². The largest absolute Gasteiger partial charge is 0.503 e. The van der Waals surface area contributed by atoms with Crippen LogP contribution in [0.3, 0.4) is 0 Å². The molecule has 2 heterocycles. The Bertz CT molecular complexity index is 1450. The van der Waals surface area contributed by atoms with Gasteiger partial charge in [0.05, 0.1) is 10.9 Å². The zero-order valence-corrected chi connectivity index (χ0v) is 18.7. The maximum atomic E-state index is 14.7. The van der Waals surface area contributed by atoms with Gasteiger partial charge in [0.2, 0.25) is 5.95 Å². The first-order chi connectivity index (χ1) is 16.6. The third-order valence-electron chi connectivity index (χ3n) is 6.49. The average molecular weight is 489 g/mol. The van der Waals surface area contributed by atoms with Crippen molar-refractivity contribution >= 4 is 17.0 Å². The normalized spacial score (nSPS) is 15.9. The molecule has 35 heavy (non-hydrogen) atoms. The van der Waals surface area contributed by atoms with Gasteiger partial charge in [-0.3, -0.25) is 0 Å². The fourth-order valence-corrected chi connectivity index (χ4v) is 4.57. The van der Waals surface area contributed by atoms with E-state index in [4.69, 9.17) is 0 Å². The highest BCUT2D eigenvalue weighted by molar-refractivity contribution is 5.91. The molecule has 1 N–H and O–H groups in total. The molecule has 1 aliphatic carbocycles. The molecule has 5 rings (SSSR count).